The van der Waals surface area contributed by atoms with Crippen LogP contribution in [0.5, 0.6) is 0 Å². The molecule has 0 bridgehead atoms. The Balaban J connectivity index is 2.01. The summed E-state index contributed by atoms with van der Waals surface area (Å²) in [5.41, 5.74) is 4.60. The standard InChI is InChI=1S/C18H23NS/c1-12-11-17(13(2)20-12)18(19-3)16-10-6-8-14-7-4-5-9-15(14)16/h4-5,7,9,11,16,18-19H,6,8,10H2,1-3H3. The van der Waals surface area contributed by atoms with E-state index in [9.17, 15) is 0 Å². The Hall–Kier alpha value is -1.12. The molecule has 0 radical (unpaired) electrons. The molecule has 0 aliphatic heterocycles. The van der Waals surface area contributed by atoms with E-state index < -0.39 is 0 Å². The van der Waals surface area contributed by atoms with Crippen LogP contribution in [0.1, 0.15) is 51.2 Å². The third-order valence-electron chi connectivity index (χ3n) is 4.54. The number of likely N-dealkylation sites (N-methyl/N-ethyl adjacent to an activating group) is 1. The normalized spacial score (nSPS) is 19.6. The van der Waals surface area contributed by atoms with Gasteiger partial charge in [0.1, 0.15) is 0 Å². The van der Waals surface area contributed by atoms with Gasteiger partial charge in [-0.2, -0.15) is 0 Å². The molecule has 2 aromatic rings. The Morgan fingerprint density at radius 2 is 2.05 bits per heavy atom. The fourth-order valence-corrected chi connectivity index (χ4v) is 4.64. The van der Waals surface area contributed by atoms with E-state index in [-0.39, 0.29) is 0 Å². The van der Waals surface area contributed by atoms with E-state index in [4.69, 9.17) is 0 Å². The summed E-state index contributed by atoms with van der Waals surface area (Å²) < 4.78 is 0. The van der Waals surface area contributed by atoms with Gasteiger partial charge >= 0.3 is 0 Å². The molecule has 1 heterocycles. The van der Waals surface area contributed by atoms with Gasteiger partial charge in [-0.05, 0) is 62.9 Å². The van der Waals surface area contributed by atoms with Gasteiger partial charge in [0.2, 0.25) is 0 Å². The molecule has 0 saturated heterocycles. The summed E-state index contributed by atoms with van der Waals surface area (Å²) in [4.78, 5) is 2.88. The zero-order valence-corrected chi connectivity index (χ0v) is 13.4. The van der Waals surface area contributed by atoms with E-state index >= 15 is 0 Å². The number of rotatable bonds is 3. The molecular formula is C18H23NS. The molecule has 2 unspecified atom stereocenters. The molecule has 3 rings (SSSR count). The molecule has 0 fully saturated rings. The third-order valence-corrected chi connectivity index (χ3v) is 5.53. The summed E-state index contributed by atoms with van der Waals surface area (Å²) in [6.45, 7) is 4.47. The van der Waals surface area contributed by atoms with Gasteiger partial charge in [0.15, 0.2) is 0 Å². The first-order valence-electron chi connectivity index (χ1n) is 7.52. The first kappa shape index (κ1) is 13.8. The molecule has 1 aromatic carbocycles. The minimum atomic E-state index is 0.446. The topological polar surface area (TPSA) is 12.0 Å². The van der Waals surface area contributed by atoms with Crippen molar-refractivity contribution < 1.29 is 0 Å². The van der Waals surface area contributed by atoms with Crippen LogP contribution in [0.2, 0.25) is 0 Å². The zero-order valence-electron chi connectivity index (χ0n) is 12.6. The van der Waals surface area contributed by atoms with Crippen LogP contribution in [0, 0.1) is 13.8 Å². The Kier molecular flexibility index (Phi) is 3.95. The smallest absolute Gasteiger partial charge is 0.0398 e. The number of hydrogen-bond acceptors (Lipinski definition) is 2. The lowest BCUT2D eigenvalue weighted by Crippen LogP contribution is -2.26. The number of thiophene rings is 1. The van der Waals surface area contributed by atoms with E-state index in [0.29, 0.717) is 12.0 Å². The highest BCUT2D eigenvalue weighted by atomic mass is 32.1. The quantitative estimate of drug-likeness (QED) is 0.858. The van der Waals surface area contributed by atoms with Crippen molar-refractivity contribution in [2.45, 2.75) is 45.1 Å². The maximum atomic E-state index is 3.59. The number of benzene rings is 1. The van der Waals surface area contributed by atoms with Crippen LogP contribution in [-0.4, -0.2) is 7.05 Å². The SMILES string of the molecule is CNC(c1cc(C)sc1C)C1CCCc2ccccc21. The van der Waals surface area contributed by atoms with Crippen molar-refractivity contribution >= 4 is 11.3 Å². The average molecular weight is 285 g/mol. The van der Waals surface area contributed by atoms with Crippen molar-refractivity contribution in [1.29, 1.82) is 0 Å². The van der Waals surface area contributed by atoms with Gasteiger partial charge in [-0.25, -0.2) is 0 Å². The molecule has 1 aliphatic carbocycles. The second-order valence-electron chi connectivity index (χ2n) is 5.83. The summed E-state index contributed by atoms with van der Waals surface area (Å²) in [6, 6.07) is 11.8. The lowest BCUT2D eigenvalue weighted by Gasteiger charge is -2.32. The fraction of sp³-hybridized carbons (Fsp3) is 0.444. The van der Waals surface area contributed by atoms with Crippen LogP contribution in [0.25, 0.3) is 0 Å². The van der Waals surface area contributed by atoms with E-state index in [1.54, 1.807) is 11.1 Å². The largest absolute Gasteiger partial charge is 0.312 e. The number of nitrogens with one attached hydrogen (secondary N) is 1. The maximum Gasteiger partial charge on any atom is 0.0398 e. The molecule has 0 spiro atoms. The van der Waals surface area contributed by atoms with Crippen LogP contribution in [0.15, 0.2) is 30.3 Å². The monoisotopic (exact) mass is 285 g/mol. The van der Waals surface area contributed by atoms with Gasteiger partial charge in [0, 0.05) is 21.7 Å². The highest BCUT2D eigenvalue weighted by molar-refractivity contribution is 7.12. The molecule has 1 aromatic heterocycles. The minimum Gasteiger partial charge on any atom is -0.312 e. The predicted octanol–water partition coefficient (Wildman–Crippen LogP) is 4.75. The van der Waals surface area contributed by atoms with Crippen molar-refractivity contribution in [3.8, 4) is 0 Å². The molecule has 1 aliphatic rings. The maximum absolute atomic E-state index is 3.59. The molecule has 0 amide bonds. The molecule has 2 heteroatoms. The van der Waals surface area contributed by atoms with Crippen LogP contribution < -0.4 is 5.32 Å². The fourth-order valence-electron chi connectivity index (χ4n) is 3.67. The first-order valence-corrected chi connectivity index (χ1v) is 8.34. The predicted molar refractivity (Wildman–Crippen MR) is 87.7 cm³/mol. The van der Waals surface area contributed by atoms with Gasteiger partial charge < -0.3 is 5.32 Å². The Bertz CT molecular complexity index is 599. The van der Waals surface area contributed by atoms with Gasteiger partial charge in [-0.15, -0.1) is 11.3 Å². The lowest BCUT2D eigenvalue weighted by molar-refractivity contribution is 0.424. The first-order chi connectivity index (χ1) is 9.70. The van der Waals surface area contributed by atoms with Crippen molar-refractivity contribution in [3.05, 3.63) is 56.8 Å². The molecule has 1 nitrogen and oxygen atoms in total. The average Bonchev–Trinajstić information content (AvgIpc) is 2.79. The Morgan fingerprint density at radius 1 is 1.25 bits per heavy atom. The number of aryl methyl sites for hydroxylation is 3. The molecule has 20 heavy (non-hydrogen) atoms. The van der Waals surface area contributed by atoms with Gasteiger partial charge in [0.05, 0.1) is 0 Å². The highest BCUT2D eigenvalue weighted by Gasteiger charge is 2.29. The minimum absolute atomic E-state index is 0.446. The van der Waals surface area contributed by atoms with Crippen LogP contribution in [0.3, 0.4) is 0 Å². The van der Waals surface area contributed by atoms with Crippen LogP contribution in [-0.2, 0) is 6.42 Å². The second-order valence-corrected chi connectivity index (χ2v) is 7.29. The Labute approximate surface area is 126 Å². The van der Waals surface area contributed by atoms with E-state index in [1.807, 2.05) is 11.3 Å². The van der Waals surface area contributed by atoms with Gasteiger partial charge in [0.25, 0.3) is 0 Å². The van der Waals surface area contributed by atoms with Gasteiger partial charge in [-0.3, -0.25) is 0 Å². The van der Waals surface area contributed by atoms with Crippen LogP contribution >= 0.6 is 11.3 Å². The molecule has 1 N–H and O–H groups in total. The van der Waals surface area contributed by atoms with Gasteiger partial charge in [-0.1, -0.05) is 24.3 Å². The summed E-state index contributed by atoms with van der Waals surface area (Å²) >= 11 is 1.92. The van der Waals surface area contributed by atoms with E-state index in [0.717, 1.165) is 0 Å². The van der Waals surface area contributed by atoms with Crippen LogP contribution in [0.4, 0.5) is 0 Å². The second kappa shape index (κ2) is 5.71. The molecular weight excluding hydrogens is 262 g/mol. The third kappa shape index (κ3) is 2.43. The molecule has 0 saturated carbocycles. The summed E-state index contributed by atoms with van der Waals surface area (Å²) in [7, 11) is 2.11. The molecule has 2 atom stereocenters. The Morgan fingerprint density at radius 3 is 2.75 bits per heavy atom. The highest BCUT2D eigenvalue weighted by Crippen LogP contribution is 2.42. The van der Waals surface area contributed by atoms with Crippen molar-refractivity contribution in [2.75, 3.05) is 7.05 Å². The zero-order chi connectivity index (χ0) is 14.1. The summed E-state index contributed by atoms with van der Waals surface area (Å²) in [6.07, 6.45) is 3.84. The van der Waals surface area contributed by atoms with Crippen molar-refractivity contribution in [1.82, 2.24) is 5.32 Å². The number of hydrogen-bond donors (Lipinski definition) is 1. The summed E-state index contributed by atoms with van der Waals surface area (Å²) in [5, 5.41) is 3.59. The lowest BCUT2D eigenvalue weighted by atomic mass is 9.77. The van der Waals surface area contributed by atoms with Crippen molar-refractivity contribution in [3.63, 3.8) is 0 Å². The van der Waals surface area contributed by atoms with E-state index in [1.165, 1.54) is 34.6 Å². The number of fused-ring (bicyclic) bond motifs is 1. The summed E-state index contributed by atoms with van der Waals surface area (Å²) in [5.74, 6) is 0.609. The van der Waals surface area contributed by atoms with Crippen molar-refractivity contribution in [2.24, 2.45) is 0 Å². The van der Waals surface area contributed by atoms with E-state index in [2.05, 4.69) is 56.5 Å². The molecule has 106 valence electrons.